The Kier molecular flexibility index (Phi) is 9.86. The maximum Gasteiger partial charge on any atom is 0.328 e. The molecule has 1 atom stereocenters. The van der Waals surface area contributed by atoms with Crippen molar-refractivity contribution in [2.45, 2.75) is 22.8 Å². The normalized spacial score (nSPS) is 14.9. The van der Waals surface area contributed by atoms with Crippen molar-refractivity contribution < 1.29 is 19.8 Å². The molecule has 2 aliphatic rings. The first-order valence-corrected chi connectivity index (χ1v) is 12.6. The van der Waals surface area contributed by atoms with E-state index in [9.17, 15) is 9.59 Å². The molecule has 3 N–H and O–H groups in total. The van der Waals surface area contributed by atoms with Gasteiger partial charge in [0.1, 0.15) is 4.99 Å². The van der Waals surface area contributed by atoms with Crippen LogP contribution >= 0.6 is 24.0 Å². The third-order valence-corrected chi connectivity index (χ3v) is 6.97. The topological polar surface area (TPSA) is 93.1 Å². The van der Waals surface area contributed by atoms with Gasteiger partial charge >= 0.3 is 11.9 Å². The van der Waals surface area contributed by atoms with Crippen molar-refractivity contribution in [1.29, 1.82) is 0 Å². The molecule has 0 spiro atoms. The second-order valence-corrected chi connectivity index (χ2v) is 9.66. The number of fused-ring (bicyclic) bond motifs is 2. The molecule has 9 heteroatoms. The van der Waals surface area contributed by atoms with Crippen molar-refractivity contribution in [3.8, 4) is 0 Å². The molecule has 0 aromatic heterocycles. The first-order valence-electron chi connectivity index (χ1n) is 11.4. The molecule has 2 aromatic rings. The zero-order valence-electron chi connectivity index (χ0n) is 20.0. The number of benzene rings is 2. The quantitative estimate of drug-likeness (QED) is 0.258. The van der Waals surface area contributed by atoms with Crippen LogP contribution in [-0.2, 0) is 9.59 Å². The zero-order chi connectivity index (χ0) is 26.1. The number of hydrogen-bond donors (Lipinski definition) is 3. The minimum atomic E-state index is -1.26. The van der Waals surface area contributed by atoms with E-state index in [2.05, 4.69) is 83.2 Å². The Morgan fingerprint density at radius 2 is 1.72 bits per heavy atom. The summed E-state index contributed by atoms with van der Waals surface area (Å²) in [5.41, 5.74) is 3.57. The third kappa shape index (κ3) is 7.30. The maximum absolute atomic E-state index is 9.55. The van der Waals surface area contributed by atoms with Crippen LogP contribution in [0.3, 0.4) is 0 Å². The smallest absolute Gasteiger partial charge is 0.328 e. The molecular weight excluding hydrogens is 494 g/mol. The summed E-state index contributed by atoms with van der Waals surface area (Å²) in [6.45, 7) is 9.85. The van der Waals surface area contributed by atoms with Crippen LogP contribution in [0.1, 0.15) is 12.5 Å². The van der Waals surface area contributed by atoms with Gasteiger partial charge in [-0.3, -0.25) is 4.90 Å². The van der Waals surface area contributed by atoms with E-state index >= 15 is 0 Å². The van der Waals surface area contributed by atoms with Crippen molar-refractivity contribution in [2.24, 2.45) is 0 Å². The number of hydrogen-bond acceptors (Lipinski definition) is 6. The molecule has 7 nitrogen and oxygen atoms in total. The lowest BCUT2D eigenvalue weighted by atomic mass is 10.1. The molecule has 0 bridgehead atoms. The summed E-state index contributed by atoms with van der Waals surface area (Å²) < 4.78 is 0. The van der Waals surface area contributed by atoms with E-state index in [0.29, 0.717) is 24.7 Å². The van der Waals surface area contributed by atoms with Crippen molar-refractivity contribution in [3.63, 3.8) is 0 Å². The Morgan fingerprint density at radius 3 is 2.36 bits per heavy atom. The minimum absolute atomic E-state index is 0.352. The van der Waals surface area contributed by atoms with Crippen molar-refractivity contribution in [1.82, 2.24) is 10.2 Å². The largest absolute Gasteiger partial charge is 0.478 e. The average Bonchev–Trinajstić information content (AvgIpc) is 3.37. The molecule has 0 fully saturated rings. The van der Waals surface area contributed by atoms with Crippen LogP contribution in [0.4, 0.5) is 11.4 Å². The van der Waals surface area contributed by atoms with Gasteiger partial charge in [-0.1, -0.05) is 60.4 Å². The number of nitrogens with one attached hydrogen (secondary N) is 1. The second kappa shape index (κ2) is 13.1. The highest BCUT2D eigenvalue weighted by Crippen LogP contribution is 2.49. The van der Waals surface area contributed by atoms with Crippen LogP contribution in [0.2, 0.25) is 0 Å². The summed E-state index contributed by atoms with van der Waals surface area (Å²) in [4.78, 5) is 27.4. The molecular formula is C27H29N3O4S2. The first-order chi connectivity index (χ1) is 17.3. The predicted molar refractivity (Wildman–Crippen MR) is 148 cm³/mol. The van der Waals surface area contributed by atoms with Crippen molar-refractivity contribution >= 4 is 52.3 Å². The maximum atomic E-state index is 9.55. The van der Waals surface area contributed by atoms with Gasteiger partial charge in [0, 0.05) is 59.7 Å². The first kappa shape index (κ1) is 27.2. The van der Waals surface area contributed by atoms with Gasteiger partial charge in [-0.05, 0) is 31.2 Å². The molecule has 36 heavy (non-hydrogen) atoms. The monoisotopic (exact) mass is 523 g/mol. The lowest BCUT2D eigenvalue weighted by Crippen LogP contribution is -2.40. The lowest BCUT2D eigenvalue weighted by molar-refractivity contribution is -0.134. The standard InChI is InChI=1S/C23H25N3S2.C4H4O4/c1-3-12-24-23(27)18-10-11-22-20(15-18)26(17(2)16-25-13-6-7-14-25)19-8-4-5-9-21(19)28-22;5-3(6)1-2-4(7)8/h3-11,15,17H,1,12-14,16H2,2H3,(H,24,27);1-2H,(H,5,6)(H,7,8). The highest BCUT2D eigenvalue weighted by atomic mass is 32.2. The van der Waals surface area contributed by atoms with Crippen LogP contribution in [0.5, 0.6) is 0 Å². The summed E-state index contributed by atoms with van der Waals surface area (Å²) >= 11 is 7.43. The van der Waals surface area contributed by atoms with Crippen molar-refractivity contribution in [3.05, 3.63) is 85.0 Å². The highest BCUT2D eigenvalue weighted by Gasteiger charge is 2.28. The molecule has 0 saturated heterocycles. The molecule has 2 heterocycles. The molecule has 0 saturated carbocycles. The van der Waals surface area contributed by atoms with Gasteiger partial charge in [-0.2, -0.15) is 0 Å². The molecule has 4 rings (SSSR count). The lowest BCUT2D eigenvalue weighted by Gasteiger charge is -2.39. The number of aliphatic carboxylic acids is 2. The van der Waals surface area contributed by atoms with Gasteiger partial charge in [0.25, 0.3) is 0 Å². The minimum Gasteiger partial charge on any atom is -0.478 e. The molecule has 2 aliphatic heterocycles. The van der Waals surface area contributed by atoms with Gasteiger partial charge in [0.05, 0.1) is 11.4 Å². The summed E-state index contributed by atoms with van der Waals surface area (Å²) in [5, 5.41) is 18.9. The van der Waals surface area contributed by atoms with E-state index in [1.165, 1.54) is 21.2 Å². The van der Waals surface area contributed by atoms with Gasteiger partial charge < -0.3 is 20.4 Å². The third-order valence-electron chi connectivity index (χ3n) is 5.46. The van der Waals surface area contributed by atoms with E-state index in [0.717, 1.165) is 30.2 Å². The zero-order valence-corrected chi connectivity index (χ0v) is 21.6. The SMILES string of the molecule is C=CCNC(=S)c1ccc2c(c1)N(C(C)CN1CC=CC1)c1ccccc1S2.O=C(O)C=CC(=O)O. The fourth-order valence-corrected chi connectivity index (χ4v) is 5.20. The number of carboxylic acid groups (broad SMARTS) is 2. The van der Waals surface area contributed by atoms with Gasteiger partial charge in [0.15, 0.2) is 0 Å². The number of nitrogens with zero attached hydrogens (tertiary/aromatic N) is 2. The van der Waals surface area contributed by atoms with E-state index in [4.69, 9.17) is 22.4 Å². The van der Waals surface area contributed by atoms with E-state index in [1.807, 2.05) is 17.8 Å². The number of rotatable bonds is 8. The van der Waals surface area contributed by atoms with E-state index < -0.39 is 11.9 Å². The Morgan fingerprint density at radius 1 is 1.08 bits per heavy atom. The molecule has 2 aromatic carbocycles. The van der Waals surface area contributed by atoms with Crippen LogP contribution in [0.15, 0.2) is 89.2 Å². The molecule has 188 valence electrons. The van der Waals surface area contributed by atoms with E-state index in [-0.39, 0.29) is 0 Å². The van der Waals surface area contributed by atoms with Crippen LogP contribution in [-0.4, -0.2) is 64.3 Å². The summed E-state index contributed by atoms with van der Waals surface area (Å²) in [5.74, 6) is -2.51. The summed E-state index contributed by atoms with van der Waals surface area (Å²) in [6.07, 6.45) is 7.45. The number of anilines is 2. The van der Waals surface area contributed by atoms with Crippen LogP contribution in [0.25, 0.3) is 0 Å². The van der Waals surface area contributed by atoms with Crippen LogP contribution in [0, 0.1) is 0 Å². The Labute approximate surface area is 220 Å². The molecule has 0 aliphatic carbocycles. The number of para-hydroxylation sites is 1. The van der Waals surface area contributed by atoms with Gasteiger partial charge in [-0.25, -0.2) is 9.59 Å². The van der Waals surface area contributed by atoms with Crippen molar-refractivity contribution in [2.75, 3.05) is 31.1 Å². The summed E-state index contributed by atoms with van der Waals surface area (Å²) in [7, 11) is 0. The Balaban J connectivity index is 0.000000392. The van der Waals surface area contributed by atoms with Crippen LogP contribution < -0.4 is 10.2 Å². The summed E-state index contributed by atoms with van der Waals surface area (Å²) in [6, 6.07) is 15.6. The Bertz CT molecular complexity index is 1170. The molecule has 0 radical (unpaired) electrons. The fourth-order valence-electron chi connectivity index (χ4n) is 3.93. The fraction of sp³-hybridized carbons (Fsp3) is 0.222. The molecule has 0 amide bonds. The number of carbonyl (C=O) groups is 2. The van der Waals surface area contributed by atoms with E-state index in [1.54, 1.807) is 0 Å². The van der Waals surface area contributed by atoms with Gasteiger partial charge in [0.2, 0.25) is 0 Å². The number of thiocarbonyl (C=S) groups is 1. The van der Waals surface area contributed by atoms with Gasteiger partial charge in [-0.15, -0.1) is 6.58 Å². The predicted octanol–water partition coefficient (Wildman–Crippen LogP) is 4.71. The highest BCUT2D eigenvalue weighted by molar-refractivity contribution is 7.99. The second-order valence-electron chi connectivity index (χ2n) is 8.17. The average molecular weight is 524 g/mol. The molecule has 1 unspecified atom stereocenters. The number of carboxylic acids is 2. The Hall–Kier alpha value is -3.40.